The predicted molar refractivity (Wildman–Crippen MR) is 64.4 cm³/mol. The van der Waals surface area contributed by atoms with E-state index in [1.54, 1.807) is 0 Å². The monoisotopic (exact) mass is 234 g/mol. The molecule has 2 heterocycles. The molecular formula is C12H18N4O. The van der Waals surface area contributed by atoms with Crippen LogP contribution < -0.4 is 5.32 Å². The lowest BCUT2D eigenvalue weighted by Gasteiger charge is -2.11. The number of rotatable bonds is 5. The summed E-state index contributed by atoms with van der Waals surface area (Å²) in [6.45, 7) is 7.67. The molecule has 0 saturated heterocycles. The molecule has 17 heavy (non-hydrogen) atoms. The molecule has 5 nitrogen and oxygen atoms in total. The molecule has 0 aliphatic rings. The Hall–Kier alpha value is -1.62. The Bertz CT molecular complexity index is 472. The second-order valence-corrected chi connectivity index (χ2v) is 4.42. The highest BCUT2D eigenvalue weighted by Gasteiger charge is 2.05. The highest BCUT2D eigenvalue weighted by Crippen LogP contribution is 2.09. The molecule has 0 saturated carbocycles. The minimum Gasteiger partial charge on any atom is -0.360 e. The van der Waals surface area contributed by atoms with Gasteiger partial charge in [-0.1, -0.05) is 5.16 Å². The Labute approximate surface area is 101 Å². The molecule has 0 aromatic carbocycles. The maximum atomic E-state index is 5.13. The molecule has 0 amide bonds. The zero-order chi connectivity index (χ0) is 12.3. The zero-order valence-corrected chi connectivity index (χ0v) is 10.5. The first-order valence-electron chi connectivity index (χ1n) is 5.80. The molecule has 5 heteroatoms. The summed E-state index contributed by atoms with van der Waals surface area (Å²) in [6.07, 6.45) is 3.75. The van der Waals surface area contributed by atoms with Crippen LogP contribution in [0.5, 0.6) is 0 Å². The van der Waals surface area contributed by atoms with Crippen LogP contribution in [0.4, 0.5) is 0 Å². The Morgan fingerprint density at radius 1 is 1.41 bits per heavy atom. The van der Waals surface area contributed by atoms with Gasteiger partial charge in [0.15, 0.2) is 5.76 Å². The van der Waals surface area contributed by atoms with E-state index in [1.165, 1.54) is 5.69 Å². The second kappa shape index (κ2) is 5.14. The number of imidazole rings is 1. The zero-order valence-electron chi connectivity index (χ0n) is 10.5. The van der Waals surface area contributed by atoms with E-state index >= 15 is 0 Å². The van der Waals surface area contributed by atoms with Crippen molar-refractivity contribution in [2.45, 2.75) is 39.9 Å². The van der Waals surface area contributed by atoms with Crippen molar-refractivity contribution in [3.05, 3.63) is 35.7 Å². The van der Waals surface area contributed by atoms with Crippen LogP contribution >= 0.6 is 0 Å². The highest BCUT2D eigenvalue weighted by molar-refractivity contribution is 5.04. The van der Waals surface area contributed by atoms with E-state index in [2.05, 4.69) is 33.9 Å². The van der Waals surface area contributed by atoms with E-state index in [-0.39, 0.29) is 0 Å². The highest BCUT2D eigenvalue weighted by atomic mass is 16.5. The van der Waals surface area contributed by atoms with Crippen LogP contribution in [0.2, 0.25) is 0 Å². The Balaban J connectivity index is 1.88. The fourth-order valence-electron chi connectivity index (χ4n) is 1.75. The van der Waals surface area contributed by atoms with Crippen LogP contribution in [-0.4, -0.2) is 14.7 Å². The van der Waals surface area contributed by atoms with Gasteiger partial charge in [-0.05, 0) is 20.8 Å². The summed E-state index contributed by atoms with van der Waals surface area (Å²) in [7, 11) is 0. The van der Waals surface area contributed by atoms with Gasteiger partial charge in [0.25, 0.3) is 0 Å². The lowest BCUT2D eigenvalue weighted by Crippen LogP contribution is -2.16. The van der Waals surface area contributed by atoms with Gasteiger partial charge in [0.05, 0.1) is 24.3 Å². The third-order valence-electron chi connectivity index (χ3n) is 2.58. The molecule has 0 unspecified atom stereocenters. The Morgan fingerprint density at radius 3 is 2.88 bits per heavy atom. The second-order valence-electron chi connectivity index (χ2n) is 4.42. The molecule has 0 aliphatic carbocycles. The fourth-order valence-corrected chi connectivity index (χ4v) is 1.75. The van der Waals surface area contributed by atoms with Crippen LogP contribution in [0.3, 0.4) is 0 Å². The number of nitrogens with one attached hydrogen (secondary N) is 1. The summed E-state index contributed by atoms with van der Waals surface area (Å²) in [6, 6.07) is 2.37. The molecule has 2 aromatic heterocycles. The van der Waals surface area contributed by atoms with E-state index in [4.69, 9.17) is 4.52 Å². The summed E-state index contributed by atoms with van der Waals surface area (Å²) < 4.78 is 7.28. The number of aromatic nitrogens is 3. The number of hydrogen-bond acceptors (Lipinski definition) is 4. The molecule has 0 spiro atoms. The molecule has 0 fully saturated rings. The van der Waals surface area contributed by atoms with Crippen molar-refractivity contribution >= 4 is 0 Å². The van der Waals surface area contributed by atoms with Gasteiger partial charge in [0.2, 0.25) is 0 Å². The lowest BCUT2D eigenvalue weighted by atomic mass is 10.3. The Kier molecular flexibility index (Phi) is 3.58. The SMILES string of the molecule is Cc1cc(CNCc2cncn2C(C)C)on1. The van der Waals surface area contributed by atoms with Gasteiger partial charge in [-0.2, -0.15) is 0 Å². The van der Waals surface area contributed by atoms with Crippen molar-refractivity contribution in [2.24, 2.45) is 0 Å². The summed E-state index contributed by atoms with van der Waals surface area (Å²) in [5, 5.41) is 7.16. The summed E-state index contributed by atoms with van der Waals surface area (Å²) in [4.78, 5) is 4.16. The standard InChI is InChI=1S/C12H18N4O/c1-9(2)16-8-14-6-11(16)5-13-7-12-4-10(3)15-17-12/h4,6,8-9,13H,5,7H2,1-3H3. The van der Waals surface area contributed by atoms with Crippen molar-refractivity contribution in [3.8, 4) is 0 Å². The molecular weight excluding hydrogens is 216 g/mol. The fraction of sp³-hybridized carbons (Fsp3) is 0.500. The van der Waals surface area contributed by atoms with Gasteiger partial charge in [-0.25, -0.2) is 4.98 Å². The van der Waals surface area contributed by atoms with Gasteiger partial charge >= 0.3 is 0 Å². The molecule has 2 aromatic rings. The number of hydrogen-bond donors (Lipinski definition) is 1. The molecule has 1 N–H and O–H groups in total. The molecule has 0 bridgehead atoms. The quantitative estimate of drug-likeness (QED) is 0.860. The molecule has 92 valence electrons. The normalized spacial score (nSPS) is 11.3. The first kappa shape index (κ1) is 11.9. The summed E-state index contributed by atoms with van der Waals surface area (Å²) in [5.41, 5.74) is 2.09. The maximum Gasteiger partial charge on any atom is 0.150 e. The van der Waals surface area contributed by atoms with E-state index in [0.717, 1.165) is 18.0 Å². The van der Waals surface area contributed by atoms with Gasteiger partial charge in [-0.3, -0.25) is 0 Å². The van der Waals surface area contributed by atoms with Gasteiger partial charge in [0.1, 0.15) is 0 Å². The smallest absolute Gasteiger partial charge is 0.150 e. The largest absolute Gasteiger partial charge is 0.360 e. The molecule has 0 aliphatic heterocycles. The number of nitrogens with zero attached hydrogens (tertiary/aromatic N) is 3. The van der Waals surface area contributed by atoms with Crippen LogP contribution in [0, 0.1) is 6.92 Å². The Morgan fingerprint density at radius 2 is 2.24 bits per heavy atom. The van der Waals surface area contributed by atoms with Crippen LogP contribution in [0.1, 0.15) is 37.0 Å². The van der Waals surface area contributed by atoms with E-state index in [1.807, 2.05) is 25.5 Å². The third-order valence-corrected chi connectivity index (χ3v) is 2.58. The van der Waals surface area contributed by atoms with Gasteiger partial charge < -0.3 is 14.4 Å². The lowest BCUT2D eigenvalue weighted by molar-refractivity contribution is 0.368. The average Bonchev–Trinajstić information content (AvgIpc) is 2.87. The number of aryl methyl sites for hydroxylation is 1. The van der Waals surface area contributed by atoms with Gasteiger partial charge in [0, 0.05) is 24.8 Å². The topological polar surface area (TPSA) is 55.9 Å². The minimum atomic E-state index is 0.432. The molecule has 0 atom stereocenters. The van der Waals surface area contributed by atoms with E-state index in [0.29, 0.717) is 12.6 Å². The summed E-state index contributed by atoms with van der Waals surface area (Å²) in [5.74, 6) is 0.859. The van der Waals surface area contributed by atoms with E-state index < -0.39 is 0 Å². The first-order chi connectivity index (χ1) is 8.16. The van der Waals surface area contributed by atoms with Crippen LogP contribution in [0.25, 0.3) is 0 Å². The average molecular weight is 234 g/mol. The maximum absolute atomic E-state index is 5.13. The van der Waals surface area contributed by atoms with E-state index in [9.17, 15) is 0 Å². The first-order valence-corrected chi connectivity index (χ1v) is 5.80. The van der Waals surface area contributed by atoms with Crippen molar-refractivity contribution in [1.29, 1.82) is 0 Å². The van der Waals surface area contributed by atoms with Gasteiger partial charge in [-0.15, -0.1) is 0 Å². The van der Waals surface area contributed by atoms with Crippen molar-refractivity contribution in [3.63, 3.8) is 0 Å². The minimum absolute atomic E-state index is 0.432. The third kappa shape index (κ3) is 2.94. The predicted octanol–water partition coefficient (Wildman–Crippen LogP) is 2.05. The van der Waals surface area contributed by atoms with Crippen molar-refractivity contribution in [2.75, 3.05) is 0 Å². The summed E-state index contributed by atoms with van der Waals surface area (Å²) >= 11 is 0. The van der Waals surface area contributed by atoms with Crippen LogP contribution in [-0.2, 0) is 13.1 Å². The van der Waals surface area contributed by atoms with Crippen LogP contribution in [0.15, 0.2) is 23.1 Å². The van der Waals surface area contributed by atoms with Crippen molar-refractivity contribution in [1.82, 2.24) is 20.0 Å². The molecule has 0 radical (unpaired) electrons. The molecule has 2 rings (SSSR count). The van der Waals surface area contributed by atoms with Crippen molar-refractivity contribution < 1.29 is 4.52 Å².